The molecule has 0 radical (unpaired) electrons. The predicted molar refractivity (Wildman–Crippen MR) is 80.9 cm³/mol. The number of rotatable bonds is 9. The molecule has 0 saturated heterocycles. The van der Waals surface area contributed by atoms with Gasteiger partial charge in [-0.1, -0.05) is 13.3 Å². The van der Waals surface area contributed by atoms with Gasteiger partial charge in [0.15, 0.2) is 5.82 Å². The normalized spacial score (nSPS) is 13.8. The molecule has 6 nitrogen and oxygen atoms in total. The van der Waals surface area contributed by atoms with Gasteiger partial charge >= 0.3 is 0 Å². The first-order chi connectivity index (χ1) is 9.50. The fourth-order valence-corrected chi connectivity index (χ4v) is 1.88. The molecule has 0 aliphatic heterocycles. The first-order valence-electron chi connectivity index (χ1n) is 7.10. The minimum absolute atomic E-state index is 0.381. The number of anilines is 2. The van der Waals surface area contributed by atoms with Gasteiger partial charge in [0.25, 0.3) is 0 Å². The van der Waals surface area contributed by atoms with E-state index in [4.69, 9.17) is 4.74 Å². The average molecular weight is 282 g/mol. The quantitative estimate of drug-likeness (QED) is 0.643. The topological polar surface area (TPSA) is 79.3 Å². The molecule has 114 valence electrons. The van der Waals surface area contributed by atoms with E-state index in [0.29, 0.717) is 31.4 Å². The van der Waals surface area contributed by atoms with E-state index in [0.717, 1.165) is 18.7 Å². The summed E-state index contributed by atoms with van der Waals surface area (Å²) in [5.41, 5.74) is -0.737. The Balaban J connectivity index is 2.73. The number of hydrogen-bond donors (Lipinski definition) is 3. The Morgan fingerprint density at radius 3 is 2.60 bits per heavy atom. The summed E-state index contributed by atoms with van der Waals surface area (Å²) in [6.07, 6.45) is 1.69. The molecule has 3 N–H and O–H groups in total. The highest BCUT2D eigenvalue weighted by molar-refractivity contribution is 5.47. The van der Waals surface area contributed by atoms with Crippen molar-refractivity contribution in [2.24, 2.45) is 0 Å². The molecule has 1 heterocycles. The number of nitrogens with zero attached hydrogens (tertiary/aromatic N) is 2. The Morgan fingerprint density at radius 1 is 1.30 bits per heavy atom. The van der Waals surface area contributed by atoms with Crippen LogP contribution in [0.1, 0.15) is 39.4 Å². The molecule has 0 aliphatic carbocycles. The fraction of sp³-hybridized carbons (Fsp3) is 0.714. The van der Waals surface area contributed by atoms with E-state index in [1.807, 2.05) is 27.0 Å². The maximum Gasteiger partial charge on any atom is 0.158 e. The molecule has 0 amide bonds. The Hall–Kier alpha value is -1.40. The van der Waals surface area contributed by atoms with Crippen molar-refractivity contribution in [3.8, 4) is 0 Å². The number of ether oxygens (including phenoxy) is 1. The van der Waals surface area contributed by atoms with Crippen LogP contribution in [0.2, 0.25) is 0 Å². The van der Waals surface area contributed by atoms with Gasteiger partial charge in [-0.2, -0.15) is 0 Å². The van der Waals surface area contributed by atoms with Gasteiger partial charge in [0.2, 0.25) is 0 Å². The van der Waals surface area contributed by atoms with Crippen molar-refractivity contribution in [3.63, 3.8) is 0 Å². The summed E-state index contributed by atoms with van der Waals surface area (Å²) < 4.78 is 5.33. The first-order valence-corrected chi connectivity index (χ1v) is 7.10. The standard InChI is InChI=1S/C14H26N4O2/c1-5-7-14(3,19)10-16-12-8-11(15-4)17-13(18-12)9-20-6-2/h8,19H,5-7,9-10H2,1-4H3,(H2,15,16,17,18). The summed E-state index contributed by atoms with van der Waals surface area (Å²) in [5, 5.41) is 16.3. The van der Waals surface area contributed by atoms with Crippen LogP contribution in [-0.2, 0) is 11.3 Å². The minimum atomic E-state index is -0.737. The van der Waals surface area contributed by atoms with Crippen molar-refractivity contribution in [2.45, 2.75) is 45.8 Å². The van der Waals surface area contributed by atoms with Gasteiger partial charge in [-0.25, -0.2) is 9.97 Å². The lowest BCUT2D eigenvalue weighted by Crippen LogP contribution is -2.33. The first kappa shape index (κ1) is 16.7. The number of nitrogens with one attached hydrogen (secondary N) is 2. The van der Waals surface area contributed by atoms with Gasteiger partial charge in [-0.15, -0.1) is 0 Å². The van der Waals surface area contributed by atoms with E-state index in [-0.39, 0.29) is 0 Å². The zero-order chi connectivity index (χ0) is 15.0. The van der Waals surface area contributed by atoms with Crippen molar-refractivity contribution < 1.29 is 9.84 Å². The highest BCUT2D eigenvalue weighted by atomic mass is 16.5. The zero-order valence-corrected chi connectivity index (χ0v) is 12.9. The van der Waals surface area contributed by atoms with Crippen LogP contribution in [0.15, 0.2) is 6.07 Å². The molecular weight excluding hydrogens is 256 g/mol. The molecule has 6 heteroatoms. The summed E-state index contributed by atoms with van der Waals surface area (Å²) in [6.45, 7) is 7.27. The molecule has 0 spiro atoms. The van der Waals surface area contributed by atoms with Gasteiger partial charge in [0.05, 0.1) is 5.60 Å². The van der Waals surface area contributed by atoms with E-state index in [1.165, 1.54) is 0 Å². The van der Waals surface area contributed by atoms with Crippen LogP contribution in [0, 0.1) is 0 Å². The Bertz CT molecular complexity index is 410. The fourth-order valence-electron chi connectivity index (χ4n) is 1.88. The number of aliphatic hydroxyl groups is 1. The third-order valence-corrected chi connectivity index (χ3v) is 2.90. The highest BCUT2D eigenvalue weighted by Gasteiger charge is 2.19. The van der Waals surface area contributed by atoms with Crippen LogP contribution in [-0.4, -0.2) is 40.9 Å². The lowest BCUT2D eigenvalue weighted by molar-refractivity contribution is 0.0636. The van der Waals surface area contributed by atoms with Crippen LogP contribution in [0.5, 0.6) is 0 Å². The molecular formula is C14H26N4O2. The molecule has 0 bridgehead atoms. The lowest BCUT2D eigenvalue weighted by atomic mass is 10.0. The number of hydrogen-bond acceptors (Lipinski definition) is 6. The average Bonchev–Trinajstić information content (AvgIpc) is 2.43. The summed E-state index contributed by atoms with van der Waals surface area (Å²) in [5.74, 6) is 2.04. The molecule has 1 atom stereocenters. The summed E-state index contributed by atoms with van der Waals surface area (Å²) >= 11 is 0. The summed E-state index contributed by atoms with van der Waals surface area (Å²) in [4.78, 5) is 8.70. The molecule has 1 aromatic rings. The monoisotopic (exact) mass is 282 g/mol. The predicted octanol–water partition coefficient (Wildman–Crippen LogP) is 2.02. The van der Waals surface area contributed by atoms with Gasteiger partial charge in [-0.3, -0.25) is 0 Å². The Labute approximate surface area is 121 Å². The Kier molecular flexibility index (Phi) is 6.67. The zero-order valence-electron chi connectivity index (χ0n) is 12.9. The van der Waals surface area contributed by atoms with E-state index in [1.54, 1.807) is 0 Å². The van der Waals surface area contributed by atoms with Gasteiger partial charge in [0, 0.05) is 26.3 Å². The van der Waals surface area contributed by atoms with Crippen molar-refractivity contribution >= 4 is 11.6 Å². The maximum absolute atomic E-state index is 10.2. The molecule has 1 aromatic heterocycles. The molecule has 0 aromatic carbocycles. The van der Waals surface area contributed by atoms with Gasteiger partial charge < -0.3 is 20.5 Å². The second-order valence-electron chi connectivity index (χ2n) is 5.04. The SMILES string of the molecule is CCCC(C)(O)CNc1cc(NC)nc(COCC)n1. The molecule has 0 aliphatic rings. The maximum atomic E-state index is 10.2. The third-order valence-electron chi connectivity index (χ3n) is 2.90. The van der Waals surface area contributed by atoms with Crippen LogP contribution < -0.4 is 10.6 Å². The molecule has 0 fully saturated rings. The molecule has 1 unspecified atom stereocenters. The van der Waals surface area contributed by atoms with Crippen molar-refractivity contribution in [1.29, 1.82) is 0 Å². The van der Waals surface area contributed by atoms with E-state index in [2.05, 4.69) is 27.5 Å². The van der Waals surface area contributed by atoms with Crippen molar-refractivity contribution in [1.82, 2.24) is 9.97 Å². The number of aromatic nitrogens is 2. The van der Waals surface area contributed by atoms with Crippen LogP contribution >= 0.6 is 0 Å². The Morgan fingerprint density at radius 2 is 2.00 bits per heavy atom. The second-order valence-corrected chi connectivity index (χ2v) is 5.04. The third kappa shape index (κ3) is 5.71. The summed E-state index contributed by atoms with van der Waals surface area (Å²) in [6, 6.07) is 1.82. The van der Waals surface area contributed by atoms with Crippen LogP contribution in [0.25, 0.3) is 0 Å². The van der Waals surface area contributed by atoms with Gasteiger partial charge in [0.1, 0.15) is 18.2 Å². The molecule has 0 saturated carbocycles. The van der Waals surface area contributed by atoms with Crippen LogP contribution in [0.3, 0.4) is 0 Å². The molecule has 20 heavy (non-hydrogen) atoms. The lowest BCUT2D eigenvalue weighted by Gasteiger charge is -2.23. The van der Waals surface area contributed by atoms with Crippen molar-refractivity contribution in [2.75, 3.05) is 30.8 Å². The van der Waals surface area contributed by atoms with E-state index >= 15 is 0 Å². The largest absolute Gasteiger partial charge is 0.388 e. The van der Waals surface area contributed by atoms with E-state index in [9.17, 15) is 5.11 Å². The highest BCUT2D eigenvalue weighted by Crippen LogP contribution is 2.15. The van der Waals surface area contributed by atoms with Gasteiger partial charge in [-0.05, 0) is 20.3 Å². The minimum Gasteiger partial charge on any atom is -0.388 e. The van der Waals surface area contributed by atoms with Crippen LogP contribution in [0.4, 0.5) is 11.6 Å². The smallest absolute Gasteiger partial charge is 0.158 e. The second kappa shape index (κ2) is 8.01. The molecule has 1 rings (SSSR count). The summed E-state index contributed by atoms with van der Waals surface area (Å²) in [7, 11) is 1.81. The van der Waals surface area contributed by atoms with Crippen molar-refractivity contribution in [3.05, 3.63) is 11.9 Å². The van der Waals surface area contributed by atoms with E-state index < -0.39 is 5.60 Å².